The summed E-state index contributed by atoms with van der Waals surface area (Å²) in [6, 6.07) is 5.60. The Morgan fingerprint density at radius 2 is 2.31 bits per heavy atom. The third-order valence-corrected chi connectivity index (χ3v) is 2.74. The Hall–Kier alpha value is -1.14. The van der Waals surface area contributed by atoms with Crippen LogP contribution in [0.1, 0.15) is 5.82 Å². The van der Waals surface area contributed by atoms with Crippen LogP contribution in [0.15, 0.2) is 22.7 Å². The summed E-state index contributed by atoms with van der Waals surface area (Å²) in [7, 11) is 1.72. The predicted octanol–water partition coefficient (Wildman–Crippen LogP) is 2.24. The normalized spacial score (nSPS) is 10.4. The van der Waals surface area contributed by atoms with Crippen molar-refractivity contribution in [2.24, 2.45) is 7.05 Å². The summed E-state index contributed by atoms with van der Waals surface area (Å²) in [6.07, 6.45) is 0. The lowest BCUT2D eigenvalue weighted by atomic mass is 10.3. The Bertz CT molecular complexity index is 498. The highest BCUT2D eigenvalue weighted by Crippen LogP contribution is 2.25. The maximum Gasteiger partial charge on any atom is 0.193 e. The predicted molar refractivity (Wildman–Crippen MR) is 65.3 cm³/mol. The highest BCUT2D eigenvalue weighted by Gasteiger charge is 2.03. The molecule has 0 fully saturated rings. The first-order valence-electron chi connectivity index (χ1n) is 4.57. The summed E-state index contributed by atoms with van der Waals surface area (Å²) in [6.45, 7) is 0.490. The molecule has 7 heteroatoms. The standard InChI is InChI=1S/C9H9BrClN5/c1-16-14-9(13-15-16)5-12-8-4-6(10)2-3-7(8)11/h2-4,12H,5H2,1H3. The van der Waals surface area contributed by atoms with Crippen LogP contribution in [0.2, 0.25) is 5.02 Å². The van der Waals surface area contributed by atoms with Crippen LogP contribution in [0, 0.1) is 0 Å². The number of rotatable bonds is 3. The molecule has 1 heterocycles. The number of anilines is 1. The first-order valence-corrected chi connectivity index (χ1v) is 5.74. The van der Waals surface area contributed by atoms with E-state index in [9.17, 15) is 0 Å². The smallest absolute Gasteiger partial charge is 0.193 e. The van der Waals surface area contributed by atoms with Crippen molar-refractivity contribution >= 4 is 33.2 Å². The molecular weight excluding hydrogens is 293 g/mol. The van der Waals surface area contributed by atoms with Gasteiger partial charge in [0.2, 0.25) is 0 Å². The van der Waals surface area contributed by atoms with E-state index in [1.807, 2.05) is 18.2 Å². The second-order valence-corrected chi connectivity index (χ2v) is 4.50. The van der Waals surface area contributed by atoms with E-state index in [4.69, 9.17) is 11.6 Å². The summed E-state index contributed by atoms with van der Waals surface area (Å²) >= 11 is 9.40. The molecule has 0 aliphatic rings. The number of nitrogens with zero attached hydrogens (tertiary/aromatic N) is 4. The molecule has 0 bridgehead atoms. The lowest BCUT2D eigenvalue weighted by Crippen LogP contribution is -2.02. The number of benzene rings is 1. The van der Waals surface area contributed by atoms with Crippen molar-refractivity contribution < 1.29 is 0 Å². The number of aromatic nitrogens is 4. The molecule has 0 atom stereocenters. The van der Waals surface area contributed by atoms with Gasteiger partial charge in [0.25, 0.3) is 0 Å². The molecule has 0 saturated heterocycles. The van der Waals surface area contributed by atoms with Crippen molar-refractivity contribution in [1.29, 1.82) is 0 Å². The second-order valence-electron chi connectivity index (χ2n) is 3.17. The monoisotopic (exact) mass is 301 g/mol. The third kappa shape index (κ3) is 2.70. The quantitative estimate of drug-likeness (QED) is 0.945. The lowest BCUT2D eigenvalue weighted by Gasteiger charge is -2.06. The minimum atomic E-state index is 0.490. The van der Waals surface area contributed by atoms with Crippen LogP contribution < -0.4 is 5.32 Å². The molecule has 0 saturated carbocycles. The molecule has 2 aromatic rings. The van der Waals surface area contributed by atoms with E-state index in [-0.39, 0.29) is 0 Å². The minimum Gasteiger partial charge on any atom is -0.376 e. The fourth-order valence-corrected chi connectivity index (χ4v) is 1.75. The van der Waals surface area contributed by atoms with Crippen molar-refractivity contribution in [2.75, 3.05) is 5.32 Å². The van der Waals surface area contributed by atoms with Crippen LogP contribution in [-0.4, -0.2) is 20.2 Å². The number of hydrogen-bond donors (Lipinski definition) is 1. The van der Waals surface area contributed by atoms with Crippen molar-refractivity contribution in [3.05, 3.63) is 33.5 Å². The van der Waals surface area contributed by atoms with Gasteiger partial charge in [-0.2, -0.15) is 4.80 Å². The van der Waals surface area contributed by atoms with Gasteiger partial charge < -0.3 is 5.32 Å². The molecule has 1 aromatic carbocycles. The van der Waals surface area contributed by atoms with Gasteiger partial charge in [0, 0.05) is 4.47 Å². The van der Waals surface area contributed by atoms with Gasteiger partial charge in [-0.25, -0.2) is 0 Å². The first kappa shape index (κ1) is 11.3. The Morgan fingerprint density at radius 3 is 3.00 bits per heavy atom. The van der Waals surface area contributed by atoms with Gasteiger partial charge in [0.1, 0.15) is 0 Å². The van der Waals surface area contributed by atoms with E-state index in [0.717, 1.165) is 10.2 Å². The van der Waals surface area contributed by atoms with Crippen molar-refractivity contribution in [3.8, 4) is 0 Å². The molecule has 5 nitrogen and oxygen atoms in total. The highest BCUT2D eigenvalue weighted by atomic mass is 79.9. The van der Waals surface area contributed by atoms with Crippen LogP contribution >= 0.6 is 27.5 Å². The molecule has 2 rings (SSSR count). The third-order valence-electron chi connectivity index (χ3n) is 1.92. The Kier molecular flexibility index (Phi) is 3.40. The SMILES string of the molecule is Cn1nnc(CNc2cc(Br)ccc2Cl)n1. The Balaban J connectivity index is 2.07. The van der Waals surface area contributed by atoms with E-state index in [1.165, 1.54) is 4.80 Å². The zero-order chi connectivity index (χ0) is 11.5. The molecule has 1 aromatic heterocycles. The molecule has 16 heavy (non-hydrogen) atoms. The summed E-state index contributed by atoms with van der Waals surface area (Å²) in [5.41, 5.74) is 0.837. The molecule has 84 valence electrons. The van der Waals surface area contributed by atoms with Gasteiger partial charge in [-0.15, -0.1) is 10.2 Å². The molecule has 0 spiro atoms. The van der Waals surface area contributed by atoms with E-state index >= 15 is 0 Å². The van der Waals surface area contributed by atoms with Crippen LogP contribution in [0.5, 0.6) is 0 Å². The number of aryl methyl sites for hydroxylation is 1. The summed E-state index contributed by atoms with van der Waals surface area (Å²) in [5.74, 6) is 0.624. The van der Waals surface area contributed by atoms with Crippen LogP contribution in [-0.2, 0) is 13.6 Å². The maximum absolute atomic E-state index is 6.02. The molecule has 0 unspecified atom stereocenters. The van der Waals surface area contributed by atoms with Crippen molar-refractivity contribution in [1.82, 2.24) is 20.2 Å². The average molecular weight is 303 g/mol. The number of tetrazole rings is 1. The number of nitrogens with one attached hydrogen (secondary N) is 1. The summed E-state index contributed by atoms with van der Waals surface area (Å²) in [5, 5.41) is 15.5. The Morgan fingerprint density at radius 1 is 1.50 bits per heavy atom. The van der Waals surface area contributed by atoms with Gasteiger partial charge in [-0.3, -0.25) is 0 Å². The van der Waals surface area contributed by atoms with Gasteiger partial charge in [-0.1, -0.05) is 27.5 Å². The van der Waals surface area contributed by atoms with Crippen LogP contribution in [0.25, 0.3) is 0 Å². The van der Waals surface area contributed by atoms with Gasteiger partial charge >= 0.3 is 0 Å². The van der Waals surface area contributed by atoms with Gasteiger partial charge in [0.15, 0.2) is 5.82 Å². The molecular formula is C9H9BrClN5. The zero-order valence-corrected chi connectivity index (χ0v) is 10.8. The summed E-state index contributed by atoms with van der Waals surface area (Å²) in [4.78, 5) is 1.42. The fraction of sp³-hybridized carbons (Fsp3) is 0.222. The van der Waals surface area contributed by atoms with Crippen LogP contribution in [0.3, 0.4) is 0 Å². The minimum absolute atomic E-state index is 0.490. The number of hydrogen-bond acceptors (Lipinski definition) is 4. The summed E-state index contributed by atoms with van der Waals surface area (Å²) < 4.78 is 0.964. The van der Waals surface area contributed by atoms with E-state index in [1.54, 1.807) is 7.05 Å². The lowest BCUT2D eigenvalue weighted by molar-refractivity contribution is 0.628. The molecule has 0 amide bonds. The van der Waals surface area contributed by atoms with E-state index in [2.05, 4.69) is 36.7 Å². The van der Waals surface area contributed by atoms with E-state index in [0.29, 0.717) is 17.4 Å². The molecule has 0 aliphatic carbocycles. The zero-order valence-electron chi connectivity index (χ0n) is 8.48. The topological polar surface area (TPSA) is 55.6 Å². The fourth-order valence-electron chi connectivity index (χ4n) is 1.20. The maximum atomic E-state index is 6.02. The van der Waals surface area contributed by atoms with Gasteiger partial charge in [0.05, 0.1) is 24.3 Å². The largest absolute Gasteiger partial charge is 0.376 e. The highest BCUT2D eigenvalue weighted by molar-refractivity contribution is 9.10. The second kappa shape index (κ2) is 4.80. The first-order chi connectivity index (χ1) is 7.65. The Labute approximate surface area is 106 Å². The van der Waals surface area contributed by atoms with Crippen molar-refractivity contribution in [2.45, 2.75) is 6.54 Å². The van der Waals surface area contributed by atoms with Gasteiger partial charge in [-0.05, 0) is 23.4 Å². The molecule has 0 aliphatic heterocycles. The average Bonchev–Trinajstić information content (AvgIpc) is 2.66. The van der Waals surface area contributed by atoms with Crippen molar-refractivity contribution in [3.63, 3.8) is 0 Å². The van der Waals surface area contributed by atoms with Crippen LogP contribution in [0.4, 0.5) is 5.69 Å². The number of halogens is 2. The molecule has 1 N–H and O–H groups in total. The molecule has 0 radical (unpaired) electrons. The van der Waals surface area contributed by atoms with E-state index < -0.39 is 0 Å².